The first-order valence-corrected chi connectivity index (χ1v) is 2.23. The summed E-state index contributed by atoms with van der Waals surface area (Å²) in [7, 11) is 1.65. The Balaban J connectivity index is 3.74. The highest BCUT2D eigenvalue weighted by Gasteiger charge is 1.73. The molecule has 0 N–H and O–H groups in total. The van der Waals surface area contributed by atoms with Crippen molar-refractivity contribution in [1.82, 2.24) is 0 Å². The standard InChI is InChI=1S/C5H9N3/c1-5(7-3)8-4-6-2/h4H,3H2,1-2H3/b6-4-,8-5-. The Morgan fingerprint density at radius 1 is 1.62 bits per heavy atom. The zero-order chi connectivity index (χ0) is 6.41. The lowest BCUT2D eigenvalue weighted by Gasteiger charge is -1.80. The van der Waals surface area contributed by atoms with Crippen LogP contribution in [0.15, 0.2) is 15.0 Å². The van der Waals surface area contributed by atoms with Crippen LogP contribution in [0.4, 0.5) is 0 Å². The third-order valence-electron chi connectivity index (χ3n) is 0.589. The van der Waals surface area contributed by atoms with Crippen molar-refractivity contribution in [3.8, 4) is 0 Å². The first-order chi connectivity index (χ1) is 3.81. The molecule has 0 amide bonds. The van der Waals surface area contributed by atoms with E-state index >= 15 is 0 Å². The zero-order valence-electron chi connectivity index (χ0n) is 5.13. The fraction of sp³-hybridized carbons (Fsp3) is 0.400. The van der Waals surface area contributed by atoms with Gasteiger partial charge in [0.2, 0.25) is 0 Å². The molecule has 3 heteroatoms. The van der Waals surface area contributed by atoms with E-state index in [2.05, 4.69) is 21.7 Å². The average molecular weight is 111 g/mol. The van der Waals surface area contributed by atoms with Crippen LogP contribution in [0.2, 0.25) is 0 Å². The number of hydrogen-bond donors (Lipinski definition) is 0. The zero-order valence-corrected chi connectivity index (χ0v) is 5.13. The van der Waals surface area contributed by atoms with Gasteiger partial charge >= 0.3 is 0 Å². The Kier molecular flexibility index (Phi) is 3.66. The van der Waals surface area contributed by atoms with Crippen LogP contribution in [0.3, 0.4) is 0 Å². The Morgan fingerprint density at radius 2 is 2.25 bits per heavy atom. The number of aliphatic imine (C=N–C) groups is 3. The smallest absolute Gasteiger partial charge is 0.126 e. The van der Waals surface area contributed by atoms with Crippen LogP contribution in [0.25, 0.3) is 0 Å². The van der Waals surface area contributed by atoms with E-state index in [0.717, 1.165) is 0 Å². The molecule has 0 aromatic heterocycles. The molecule has 44 valence electrons. The molecule has 0 saturated heterocycles. The van der Waals surface area contributed by atoms with E-state index in [1.54, 1.807) is 14.0 Å². The first-order valence-electron chi connectivity index (χ1n) is 2.23. The molecule has 0 atom stereocenters. The van der Waals surface area contributed by atoms with Gasteiger partial charge in [0.05, 0.1) is 0 Å². The largest absolute Gasteiger partial charge is 0.277 e. The van der Waals surface area contributed by atoms with Crippen molar-refractivity contribution in [2.24, 2.45) is 15.0 Å². The van der Waals surface area contributed by atoms with E-state index in [-0.39, 0.29) is 0 Å². The van der Waals surface area contributed by atoms with E-state index in [4.69, 9.17) is 0 Å². The lowest BCUT2D eigenvalue weighted by Crippen LogP contribution is -1.82. The molecule has 0 saturated carbocycles. The molecule has 8 heavy (non-hydrogen) atoms. The molecule has 0 aliphatic carbocycles. The van der Waals surface area contributed by atoms with Crippen molar-refractivity contribution >= 4 is 18.9 Å². The Hall–Kier alpha value is -0.990. The van der Waals surface area contributed by atoms with Gasteiger partial charge in [-0.1, -0.05) is 0 Å². The Labute approximate surface area is 48.9 Å². The molecule has 0 aromatic rings. The Bertz CT molecular complexity index is 124. The van der Waals surface area contributed by atoms with Crippen LogP contribution in [-0.4, -0.2) is 25.9 Å². The SMILES string of the molecule is C=N/C(C)=N\C=N/C. The van der Waals surface area contributed by atoms with Gasteiger partial charge in [0.15, 0.2) is 0 Å². The van der Waals surface area contributed by atoms with Crippen molar-refractivity contribution in [2.45, 2.75) is 6.92 Å². The van der Waals surface area contributed by atoms with Gasteiger partial charge in [-0.2, -0.15) is 0 Å². The number of nitrogens with zero attached hydrogens (tertiary/aromatic N) is 3. The summed E-state index contributed by atoms with van der Waals surface area (Å²) < 4.78 is 0. The third-order valence-corrected chi connectivity index (χ3v) is 0.589. The summed E-state index contributed by atoms with van der Waals surface area (Å²) in [6, 6.07) is 0. The van der Waals surface area contributed by atoms with Gasteiger partial charge in [0.1, 0.15) is 12.2 Å². The fourth-order valence-electron chi connectivity index (χ4n) is 0.182. The molecule has 0 aromatic carbocycles. The van der Waals surface area contributed by atoms with Crippen LogP contribution in [0.5, 0.6) is 0 Å². The van der Waals surface area contributed by atoms with Crippen LogP contribution < -0.4 is 0 Å². The number of amidine groups is 1. The maximum absolute atomic E-state index is 3.76. The molecular formula is C5H9N3. The van der Waals surface area contributed by atoms with Gasteiger partial charge in [0.25, 0.3) is 0 Å². The summed E-state index contributed by atoms with van der Waals surface area (Å²) >= 11 is 0. The normalized spacial score (nSPS) is 12.5. The van der Waals surface area contributed by atoms with Gasteiger partial charge in [-0.15, -0.1) is 0 Å². The number of hydrogen-bond acceptors (Lipinski definition) is 1. The Morgan fingerprint density at radius 3 is 2.62 bits per heavy atom. The van der Waals surface area contributed by atoms with Crippen molar-refractivity contribution in [3.05, 3.63) is 0 Å². The molecule has 0 bridgehead atoms. The maximum atomic E-state index is 3.76. The molecular weight excluding hydrogens is 102 g/mol. The van der Waals surface area contributed by atoms with Gasteiger partial charge in [-0.3, -0.25) is 4.99 Å². The minimum Gasteiger partial charge on any atom is -0.277 e. The lowest BCUT2D eigenvalue weighted by atomic mass is 10.7. The predicted octanol–water partition coefficient (Wildman–Crippen LogP) is 0.764. The van der Waals surface area contributed by atoms with E-state index in [9.17, 15) is 0 Å². The molecule has 0 heterocycles. The molecule has 0 aliphatic heterocycles. The molecule has 0 rings (SSSR count). The molecule has 3 nitrogen and oxygen atoms in total. The topological polar surface area (TPSA) is 37.1 Å². The second-order valence-corrected chi connectivity index (χ2v) is 1.21. The van der Waals surface area contributed by atoms with Crippen LogP contribution in [0.1, 0.15) is 6.92 Å². The van der Waals surface area contributed by atoms with Gasteiger partial charge in [0, 0.05) is 7.05 Å². The van der Waals surface area contributed by atoms with E-state index < -0.39 is 0 Å². The average Bonchev–Trinajstić information content (AvgIpc) is 1.83. The van der Waals surface area contributed by atoms with Crippen LogP contribution >= 0.6 is 0 Å². The molecule has 0 fully saturated rings. The lowest BCUT2D eigenvalue weighted by molar-refractivity contribution is 1.43. The summed E-state index contributed by atoms with van der Waals surface area (Å²) in [5, 5.41) is 0. The van der Waals surface area contributed by atoms with Crippen molar-refractivity contribution < 1.29 is 0 Å². The van der Waals surface area contributed by atoms with Gasteiger partial charge < -0.3 is 0 Å². The van der Waals surface area contributed by atoms with Crippen LogP contribution in [0, 0.1) is 0 Å². The van der Waals surface area contributed by atoms with E-state index in [1.165, 1.54) is 6.34 Å². The molecule has 0 spiro atoms. The van der Waals surface area contributed by atoms with Crippen molar-refractivity contribution in [1.29, 1.82) is 0 Å². The highest BCUT2D eigenvalue weighted by molar-refractivity contribution is 5.89. The second-order valence-electron chi connectivity index (χ2n) is 1.21. The highest BCUT2D eigenvalue weighted by Crippen LogP contribution is 1.72. The highest BCUT2D eigenvalue weighted by atomic mass is 14.9. The van der Waals surface area contributed by atoms with Crippen LogP contribution in [-0.2, 0) is 0 Å². The second kappa shape index (κ2) is 4.18. The minimum absolute atomic E-state index is 0.635. The summed E-state index contributed by atoms with van der Waals surface area (Å²) in [5.41, 5.74) is 0. The summed E-state index contributed by atoms with van der Waals surface area (Å²) in [5.74, 6) is 0.635. The third kappa shape index (κ3) is 3.21. The van der Waals surface area contributed by atoms with Crippen molar-refractivity contribution in [3.63, 3.8) is 0 Å². The van der Waals surface area contributed by atoms with Crippen molar-refractivity contribution in [2.75, 3.05) is 7.05 Å². The fourth-order valence-corrected chi connectivity index (χ4v) is 0.182. The monoisotopic (exact) mass is 111 g/mol. The number of rotatable bonds is 1. The first kappa shape index (κ1) is 7.01. The van der Waals surface area contributed by atoms with Gasteiger partial charge in [-0.05, 0) is 13.6 Å². The minimum atomic E-state index is 0.635. The quantitative estimate of drug-likeness (QED) is 0.354. The predicted molar refractivity (Wildman–Crippen MR) is 37.1 cm³/mol. The summed E-state index contributed by atoms with van der Waals surface area (Å²) in [6.07, 6.45) is 1.43. The van der Waals surface area contributed by atoms with Gasteiger partial charge in [-0.25, -0.2) is 9.98 Å². The van der Waals surface area contributed by atoms with E-state index in [1.807, 2.05) is 0 Å². The molecule has 0 unspecified atom stereocenters. The maximum Gasteiger partial charge on any atom is 0.126 e. The van der Waals surface area contributed by atoms with E-state index in [0.29, 0.717) is 5.84 Å². The summed E-state index contributed by atoms with van der Waals surface area (Å²) in [6.45, 7) is 5.03. The molecule has 0 radical (unpaired) electrons. The molecule has 0 aliphatic rings. The summed E-state index contributed by atoms with van der Waals surface area (Å²) in [4.78, 5) is 10.9.